The molecule has 3 heterocycles. The van der Waals surface area contributed by atoms with Gasteiger partial charge < -0.3 is 29.7 Å². The lowest BCUT2D eigenvalue weighted by molar-refractivity contribution is 0.0875. The number of aromatic nitrogens is 2. The van der Waals surface area contributed by atoms with Crippen LogP contribution >= 0.6 is 11.6 Å². The second-order valence-electron chi connectivity index (χ2n) is 7.06. The van der Waals surface area contributed by atoms with E-state index >= 15 is 0 Å². The molecule has 2 saturated heterocycles. The van der Waals surface area contributed by atoms with Gasteiger partial charge in [0.2, 0.25) is 5.95 Å². The number of nitrogens with one attached hydrogen (secondary N) is 2. The van der Waals surface area contributed by atoms with Gasteiger partial charge in [-0.05, 0) is 25.0 Å². The van der Waals surface area contributed by atoms with Crippen LogP contribution in [0.3, 0.4) is 0 Å². The molecule has 0 aliphatic carbocycles. The number of ether oxygens (including phenoxy) is 3. The van der Waals surface area contributed by atoms with Crippen molar-refractivity contribution in [3.8, 4) is 5.75 Å². The molecule has 2 fully saturated rings. The van der Waals surface area contributed by atoms with Crippen molar-refractivity contribution in [2.45, 2.75) is 18.9 Å². The maximum atomic E-state index is 6.29. The number of morpholine rings is 1. The molecule has 9 heteroatoms. The van der Waals surface area contributed by atoms with Crippen molar-refractivity contribution in [3.05, 3.63) is 29.4 Å². The average Bonchev–Trinajstić information content (AvgIpc) is 2.77. The third-order valence-electron chi connectivity index (χ3n) is 5.05. The topological polar surface area (TPSA) is 80.8 Å². The summed E-state index contributed by atoms with van der Waals surface area (Å²) in [5.74, 6) is 1.78. The quantitative estimate of drug-likeness (QED) is 0.738. The van der Waals surface area contributed by atoms with Crippen molar-refractivity contribution in [1.29, 1.82) is 0 Å². The Bertz CT molecular complexity index is 826. The van der Waals surface area contributed by atoms with Gasteiger partial charge in [0.1, 0.15) is 10.8 Å². The lowest BCUT2D eigenvalue weighted by Gasteiger charge is -2.29. The number of nitrogens with zero attached hydrogens (tertiary/aromatic N) is 3. The summed E-state index contributed by atoms with van der Waals surface area (Å²) in [5, 5.41) is 7.08. The first-order valence-corrected chi connectivity index (χ1v) is 10.3. The average molecular weight is 420 g/mol. The first kappa shape index (κ1) is 20.0. The highest BCUT2D eigenvalue weighted by Gasteiger charge is 2.17. The summed E-state index contributed by atoms with van der Waals surface area (Å²) in [6.07, 6.45) is 3.65. The number of benzene rings is 1. The Labute approximate surface area is 175 Å². The van der Waals surface area contributed by atoms with Crippen LogP contribution in [0, 0.1) is 0 Å². The Balaban J connectivity index is 1.49. The van der Waals surface area contributed by atoms with Crippen LogP contribution in [0.5, 0.6) is 5.75 Å². The van der Waals surface area contributed by atoms with Crippen molar-refractivity contribution in [3.63, 3.8) is 0 Å². The predicted octanol–water partition coefficient (Wildman–Crippen LogP) is 3.31. The second-order valence-corrected chi connectivity index (χ2v) is 7.46. The third-order valence-corrected chi connectivity index (χ3v) is 5.33. The number of hydrogen-bond acceptors (Lipinski definition) is 8. The van der Waals surface area contributed by atoms with Crippen LogP contribution in [0.4, 0.5) is 23.1 Å². The molecule has 4 rings (SSSR count). The van der Waals surface area contributed by atoms with Crippen LogP contribution in [0.2, 0.25) is 5.02 Å². The van der Waals surface area contributed by atoms with Gasteiger partial charge in [0, 0.05) is 31.5 Å². The van der Waals surface area contributed by atoms with Crippen LogP contribution in [0.25, 0.3) is 0 Å². The van der Waals surface area contributed by atoms with Crippen molar-refractivity contribution in [1.82, 2.24) is 9.97 Å². The lowest BCUT2D eigenvalue weighted by Crippen LogP contribution is -2.36. The van der Waals surface area contributed by atoms with E-state index in [1.165, 1.54) is 0 Å². The van der Waals surface area contributed by atoms with Crippen molar-refractivity contribution in [2.75, 3.05) is 62.2 Å². The summed E-state index contributed by atoms with van der Waals surface area (Å²) in [7, 11) is 1.66. The highest BCUT2D eigenvalue weighted by molar-refractivity contribution is 6.32. The molecule has 2 aliphatic rings. The molecule has 1 aromatic heterocycles. The standard InChI is InChI=1S/C20H26ClN5O3/c1-27-18-11-15(26-6-9-28-10-7-26)4-5-17(18)24-20-22-12-16(21)19(25-20)23-14-3-2-8-29-13-14/h4-5,11-12,14H,2-3,6-10,13H2,1H3,(H2,22,23,24,25). The maximum absolute atomic E-state index is 6.29. The fourth-order valence-corrected chi connectivity index (χ4v) is 3.64. The molecular formula is C20H26ClN5O3. The van der Waals surface area contributed by atoms with Gasteiger partial charge >= 0.3 is 0 Å². The van der Waals surface area contributed by atoms with Gasteiger partial charge in [-0.25, -0.2) is 4.98 Å². The molecule has 2 aromatic rings. The Morgan fingerprint density at radius 2 is 2.07 bits per heavy atom. The number of methoxy groups -OCH3 is 1. The summed E-state index contributed by atoms with van der Waals surface area (Å²) in [4.78, 5) is 11.1. The van der Waals surface area contributed by atoms with Crippen LogP contribution in [0.15, 0.2) is 24.4 Å². The van der Waals surface area contributed by atoms with E-state index in [1.54, 1.807) is 13.3 Å². The van der Waals surface area contributed by atoms with Crippen molar-refractivity contribution < 1.29 is 14.2 Å². The minimum absolute atomic E-state index is 0.200. The molecule has 0 amide bonds. The molecule has 1 atom stereocenters. The molecule has 0 radical (unpaired) electrons. The van der Waals surface area contributed by atoms with E-state index in [-0.39, 0.29) is 6.04 Å². The molecule has 0 bridgehead atoms. The molecule has 1 aromatic carbocycles. The smallest absolute Gasteiger partial charge is 0.229 e. The number of halogens is 1. The molecule has 156 valence electrons. The van der Waals surface area contributed by atoms with E-state index in [0.29, 0.717) is 23.4 Å². The van der Waals surface area contributed by atoms with Gasteiger partial charge in [-0.1, -0.05) is 11.6 Å². The van der Waals surface area contributed by atoms with Crippen molar-refractivity contribution in [2.24, 2.45) is 0 Å². The van der Waals surface area contributed by atoms with Gasteiger partial charge in [-0.15, -0.1) is 0 Å². The maximum Gasteiger partial charge on any atom is 0.229 e. The summed E-state index contributed by atoms with van der Waals surface area (Å²) in [6.45, 7) is 4.68. The summed E-state index contributed by atoms with van der Waals surface area (Å²) < 4.78 is 16.5. The SMILES string of the molecule is COc1cc(N2CCOCC2)ccc1Nc1ncc(Cl)c(NC2CCCOC2)n1. The first-order valence-electron chi connectivity index (χ1n) is 9.87. The molecule has 29 heavy (non-hydrogen) atoms. The van der Waals surface area contributed by atoms with Crippen LogP contribution in [0.1, 0.15) is 12.8 Å². The molecular weight excluding hydrogens is 394 g/mol. The molecule has 2 aliphatic heterocycles. The highest BCUT2D eigenvalue weighted by Crippen LogP contribution is 2.32. The number of rotatable bonds is 6. The summed E-state index contributed by atoms with van der Waals surface area (Å²) >= 11 is 6.29. The van der Waals surface area contributed by atoms with E-state index in [2.05, 4.69) is 31.6 Å². The van der Waals surface area contributed by atoms with E-state index < -0.39 is 0 Å². The van der Waals surface area contributed by atoms with Gasteiger partial charge in [-0.3, -0.25) is 0 Å². The van der Waals surface area contributed by atoms with Gasteiger partial charge in [0.15, 0.2) is 5.82 Å². The monoisotopic (exact) mass is 419 g/mol. The van der Waals surface area contributed by atoms with Gasteiger partial charge in [0.25, 0.3) is 0 Å². The van der Waals surface area contributed by atoms with E-state index in [4.69, 9.17) is 25.8 Å². The zero-order valence-corrected chi connectivity index (χ0v) is 17.2. The Hall–Kier alpha value is -2.29. The predicted molar refractivity (Wildman–Crippen MR) is 114 cm³/mol. The normalized spacial score (nSPS) is 19.7. The van der Waals surface area contributed by atoms with Crippen LogP contribution < -0.4 is 20.3 Å². The minimum Gasteiger partial charge on any atom is -0.494 e. The molecule has 2 N–H and O–H groups in total. The molecule has 8 nitrogen and oxygen atoms in total. The van der Waals surface area contributed by atoms with Crippen LogP contribution in [-0.4, -0.2) is 62.6 Å². The van der Waals surface area contributed by atoms with Crippen LogP contribution in [-0.2, 0) is 9.47 Å². The van der Waals surface area contributed by atoms with Gasteiger partial charge in [-0.2, -0.15) is 4.98 Å². The number of anilines is 4. The fraction of sp³-hybridized carbons (Fsp3) is 0.500. The molecule has 0 spiro atoms. The largest absolute Gasteiger partial charge is 0.494 e. The minimum atomic E-state index is 0.200. The zero-order chi connectivity index (χ0) is 20.1. The van der Waals surface area contributed by atoms with E-state index in [9.17, 15) is 0 Å². The van der Waals surface area contributed by atoms with E-state index in [1.807, 2.05) is 12.1 Å². The Kier molecular flexibility index (Phi) is 6.53. The van der Waals surface area contributed by atoms with Gasteiger partial charge in [0.05, 0.1) is 44.9 Å². The summed E-state index contributed by atoms with van der Waals surface area (Å²) in [6, 6.07) is 6.25. The third kappa shape index (κ3) is 5.01. The van der Waals surface area contributed by atoms with E-state index in [0.717, 1.165) is 62.9 Å². The fourth-order valence-electron chi connectivity index (χ4n) is 3.50. The first-order chi connectivity index (χ1) is 14.2. The molecule has 1 unspecified atom stereocenters. The Morgan fingerprint density at radius 1 is 1.21 bits per heavy atom. The lowest BCUT2D eigenvalue weighted by atomic mass is 10.1. The number of hydrogen-bond donors (Lipinski definition) is 2. The zero-order valence-electron chi connectivity index (χ0n) is 16.5. The second kappa shape index (κ2) is 9.47. The Morgan fingerprint density at radius 3 is 2.83 bits per heavy atom. The summed E-state index contributed by atoms with van der Waals surface area (Å²) in [5.41, 5.74) is 1.89. The highest BCUT2D eigenvalue weighted by atomic mass is 35.5. The van der Waals surface area contributed by atoms with Crippen molar-refractivity contribution >= 4 is 34.7 Å². The molecule has 0 saturated carbocycles.